The molecule has 0 saturated carbocycles. The molecule has 4 heterocycles. The van der Waals surface area contributed by atoms with Gasteiger partial charge in [-0.15, -0.1) is 0 Å². The first-order valence-electron chi connectivity index (χ1n) is 13.4. The zero-order chi connectivity index (χ0) is 25.1. The van der Waals surface area contributed by atoms with Gasteiger partial charge in [-0.1, -0.05) is 57.4 Å². The van der Waals surface area contributed by atoms with Gasteiger partial charge < -0.3 is 24.4 Å². The fourth-order valence-corrected chi connectivity index (χ4v) is 6.31. The molecule has 0 aliphatic carbocycles. The van der Waals surface area contributed by atoms with E-state index in [4.69, 9.17) is 14.6 Å². The van der Waals surface area contributed by atoms with Crippen LogP contribution < -0.4 is 0 Å². The molecule has 1 unspecified atom stereocenters. The minimum atomic E-state index is -1.20. The van der Waals surface area contributed by atoms with E-state index in [1.54, 1.807) is 4.90 Å². The predicted octanol–water partition coefficient (Wildman–Crippen LogP) is 2.60. The Bertz CT molecular complexity index is 872. The fourth-order valence-electron chi connectivity index (χ4n) is 6.31. The lowest BCUT2D eigenvalue weighted by molar-refractivity contribution is -0.161. The Morgan fingerprint density at radius 3 is 2.51 bits per heavy atom. The second kappa shape index (κ2) is 10.8. The van der Waals surface area contributed by atoms with Crippen molar-refractivity contribution in [2.75, 3.05) is 32.8 Å². The summed E-state index contributed by atoms with van der Waals surface area (Å²) < 4.78 is 12.4. The van der Waals surface area contributed by atoms with Crippen LogP contribution in [0, 0.1) is 11.8 Å². The molecule has 194 valence electrons. The Morgan fingerprint density at radius 1 is 0.971 bits per heavy atom. The standard InChI is InChI=1S/C27H40N2O6/c1-3-5-15-28-16-12-14-27-20(21-25(33)34-19-11-8-13-26(21,4-2)35-27)23(31)29(22(27)24(28)32)17-9-6-7-10-18-30/h8,12-14,20-22,30H,3-7,9-11,15-19H2,1-2H3/t20-,21+,22?,26-,27-/m0/s1. The van der Waals surface area contributed by atoms with Crippen molar-refractivity contribution < 1.29 is 29.0 Å². The summed E-state index contributed by atoms with van der Waals surface area (Å²) in [6.45, 7) is 5.99. The molecule has 4 rings (SSSR count). The Labute approximate surface area is 208 Å². The zero-order valence-electron chi connectivity index (χ0n) is 21.1. The van der Waals surface area contributed by atoms with Crippen molar-refractivity contribution in [1.29, 1.82) is 0 Å². The average molecular weight is 489 g/mol. The van der Waals surface area contributed by atoms with Crippen LogP contribution in [0.15, 0.2) is 24.3 Å². The number of hydrogen-bond acceptors (Lipinski definition) is 6. The molecular weight excluding hydrogens is 448 g/mol. The van der Waals surface area contributed by atoms with E-state index in [2.05, 4.69) is 6.92 Å². The summed E-state index contributed by atoms with van der Waals surface area (Å²) in [6, 6.07) is -0.800. The molecule has 0 aromatic rings. The molecule has 35 heavy (non-hydrogen) atoms. The van der Waals surface area contributed by atoms with Gasteiger partial charge in [0.05, 0.1) is 12.5 Å². The van der Waals surface area contributed by atoms with Crippen LogP contribution in [0.5, 0.6) is 0 Å². The zero-order valence-corrected chi connectivity index (χ0v) is 21.1. The van der Waals surface area contributed by atoms with E-state index in [1.165, 1.54) is 0 Å². The highest BCUT2D eigenvalue weighted by Crippen LogP contribution is 2.58. The van der Waals surface area contributed by atoms with E-state index in [-0.39, 0.29) is 25.0 Å². The molecule has 8 heteroatoms. The minimum Gasteiger partial charge on any atom is -0.465 e. The SMILES string of the molecule is CCCCN1CC=C[C@]23O[C@@]4(CC)C=CCCOC(=O)[C@H]4[C@H]2C(=O)N(CCCCCCO)C3C1=O. The van der Waals surface area contributed by atoms with Gasteiger partial charge in [0.25, 0.3) is 0 Å². The normalized spacial score (nSPS) is 34.3. The summed E-state index contributed by atoms with van der Waals surface area (Å²) in [5.41, 5.74) is -2.18. The number of amides is 2. The number of cyclic esters (lactones) is 1. The molecule has 2 amide bonds. The summed E-state index contributed by atoms with van der Waals surface area (Å²) in [7, 11) is 0. The molecule has 4 aliphatic rings. The third kappa shape index (κ3) is 4.44. The van der Waals surface area contributed by atoms with Crippen molar-refractivity contribution in [3.8, 4) is 0 Å². The number of unbranched alkanes of at least 4 members (excludes halogenated alkanes) is 4. The van der Waals surface area contributed by atoms with Gasteiger partial charge in [0.1, 0.15) is 23.2 Å². The molecule has 2 saturated heterocycles. The largest absolute Gasteiger partial charge is 0.465 e. The van der Waals surface area contributed by atoms with Crippen LogP contribution in [-0.2, 0) is 23.9 Å². The van der Waals surface area contributed by atoms with E-state index in [0.717, 1.165) is 38.5 Å². The maximum atomic E-state index is 14.1. The van der Waals surface area contributed by atoms with Crippen molar-refractivity contribution >= 4 is 17.8 Å². The monoisotopic (exact) mass is 488 g/mol. The smallest absolute Gasteiger partial charge is 0.313 e. The van der Waals surface area contributed by atoms with Crippen molar-refractivity contribution in [2.24, 2.45) is 11.8 Å². The number of likely N-dealkylation sites (tertiary alicyclic amines) is 1. The van der Waals surface area contributed by atoms with Gasteiger partial charge in [-0.25, -0.2) is 0 Å². The van der Waals surface area contributed by atoms with E-state index in [0.29, 0.717) is 32.5 Å². The average Bonchev–Trinajstić information content (AvgIpc) is 3.19. The van der Waals surface area contributed by atoms with Gasteiger partial charge in [-0.2, -0.15) is 0 Å². The summed E-state index contributed by atoms with van der Waals surface area (Å²) in [4.78, 5) is 44.9. The number of aliphatic hydroxyl groups is 1. The van der Waals surface area contributed by atoms with Gasteiger partial charge in [0.15, 0.2) is 0 Å². The molecule has 1 spiro atoms. The first-order chi connectivity index (χ1) is 17.0. The number of nitrogens with zero attached hydrogens (tertiary/aromatic N) is 2. The first-order valence-corrected chi connectivity index (χ1v) is 13.4. The second-order valence-corrected chi connectivity index (χ2v) is 10.2. The highest BCUT2D eigenvalue weighted by atomic mass is 16.6. The van der Waals surface area contributed by atoms with Crippen LogP contribution in [0.25, 0.3) is 0 Å². The molecule has 0 radical (unpaired) electrons. The van der Waals surface area contributed by atoms with Crippen molar-refractivity contribution in [3.05, 3.63) is 24.3 Å². The maximum absolute atomic E-state index is 14.1. The van der Waals surface area contributed by atoms with Crippen molar-refractivity contribution in [2.45, 2.75) is 82.5 Å². The predicted molar refractivity (Wildman–Crippen MR) is 130 cm³/mol. The molecule has 4 aliphatic heterocycles. The van der Waals surface area contributed by atoms with Gasteiger partial charge in [-0.05, 0) is 32.1 Å². The number of esters is 1. The summed E-state index contributed by atoms with van der Waals surface area (Å²) in [5, 5.41) is 9.08. The van der Waals surface area contributed by atoms with Gasteiger partial charge in [0.2, 0.25) is 11.8 Å². The second-order valence-electron chi connectivity index (χ2n) is 10.2. The number of fused-ring (bicyclic) bond motifs is 2. The molecule has 0 aromatic heterocycles. The number of carbonyl (C=O) groups excluding carboxylic acids is 3. The molecule has 1 N–H and O–H groups in total. The summed E-state index contributed by atoms with van der Waals surface area (Å²) >= 11 is 0. The molecule has 0 aromatic carbocycles. The minimum absolute atomic E-state index is 0.104. The lowest BCUT2D eigenvalue weighted by Gasteiger charge is -2.38. The van der Waals surface area contributed by atoms with E-state index in [1.807, 2.05) is 36.1 Å². The highest BCUT2D eigenvalue weighted by Gasteiger charge is 2.75. The summed E-state index contributed by atoms with van der Waals surface area (Å²) in [6.07, 6.45) is 13.9. The molecular formula is C27H40N2O6. The van der Waals surface area contributed by atoms with Crippen molar-refractivity contribution in [3.63, 3.8) is 0 Å². The van der Waals surface area contributed by atoms with Gasteiger partial charge in [-0.3, -0.25) is 14.4 Å². The number of rotatable bonds is 10. The quantitative estimate of drug-likeness (QED) is 0.289. The molecule has 2 fully saturated rings. The Hall–Kier alpha value is -2.19. The van der Waals surface area contributed by atoms with Crippen LogP contribution in [0.2, 0.25) is 0 Å². The maximum Gasteiger partial charge on any atom is 0.313 e. The molecule has 0 bridgehead atoms. The van der Waals surface area contributed by atoms with Crippen molar-refractivity contribution in [1.82, 2.24) is 9.80 Å². The van der Waals surface area contributed by atoms with E-state index in [9.17, 15) is 14.4 Å². The van der Waals surface area contributed by atoms with E-state index >= 15 is 0 Å². The van der Waals surface area contributed by atoms with Crippen LogP contribution in [0.3, 0.4) is 0 Å². The highest BCUT2D eigenvalue weighted by molar-refractivity contribution is 5.99. The fraction of sp³-hybridized carbons (Fsp3) is 0.741. The Morgan fingerprint density at radius 2 is 1.77 bits per heavy atom. The number of ether oxygens (including phenoxy) is 2. The summed E-state index contributed by atoms with van der Waals surface area (Å²) in [5.74, 6) is -2.31. The molecule has 8 nitrogen and oxygen atoms in total. The van der Waals surface area contributed by atoms with Gasteiger partial charge in [0, 0.05) is 26.2 Å². The first kappa shape index (κ1) is 25.9. The number of carbonyl (C=O) groups is 3. The van der Waals surface area contributed by atoms with Crippen LogP contribution in [0.4, 0.5) is 0 Å². The molecule has 5 atom stereocenters. The van der Waals surface area contributed by atoms with Crippen LogP contribution in [0.1, 0.15) is 65.2 Å². The van der Waals surface area contributed by atoms with Crippen LogP contribution in [-0.4, -0.2) is 82.8 Å². The lowest BCUT2D eigenvalue weighted by Crippen LogP contribution is -2.56. The topological polar surface area (TPSA) is 96.4 Å². The van der Waals surface area contributed by atoms with Gasteiger partial charge >= 0.3 is 5.97 Å². The Balaban J connectivity index is 1.75. The van der Waals surface area contributed by atoms with E-state index < -0.39 is 35.0 Å². The lowest BCUT2D eigenvalue weighted by atomic mass is 9.73. The third-order valence-corrected chi connectivity index (χ3v) is 8.07. The number of hydrogen-bond donors (Lipinski definition) is 1. The Kier molecular flexibility index (Phi) is 8.01. The third-order valence-electron chi connectivity index (χ3n) is 8.07. The van der Waals surface area contributed by atoms with Crippen LogP contribution >= 0.6 is 0 Å². The number of aliphatic hydroxyl groups excluding tert-OH is 1.